The summed E-state index contributed by atoms with van der Waals surface area (Å²) in [5.74, 6) is 0.191. The largest absolute Gasteiger partial charge is 0.480 e. The Bertz CT molecular complexity index is 396. The molecule has 0 fully saturated rings. The van der Waals surface area contributed by atoms with Gasteiger partial charge < -0.3 is 9.63 Å². The monoisotopic (exact) mass is 255 g/mol. The second-order valence-corrected chi connectivity index (χ2v) is 5.32. The smallest absolute Gasteiger partial charge is 0.320 e. The van der Waals surface area contributed by atoms with Gasteiger partial charge in [0.05, 0.1) is 6.54 Å². The van der Waals surface area contributed by atoms with Gasteiger partial charge in [0.15, 0.2) is 5.82 Å². The van der Waals surface area contributed by atoms with Crippen molar-refractivity contribution in [2.45, 2.75) is 58.5 Å². The molecule has 0 amide bonds. The second kappa shape index (κ2) is 5.95. The van der Waals surface area contributed by atoms with Crippen molar-refractivity contribution in [2.75, 3.05) is 0 Å². The molecule has 2 N–H and O–H groups in total. The summed E-state index contributed by atoms with van der Waals surface area (Å²) in [4.78, 5) is 15.2. The fraction of sp³-hybridized carbons (Fsp3) is 0.750. The highest BCUT2D eigenvalue weighted by Crippen LogP contribution is 2.18. The van der Waals surface area contributed by atoms with Gasteiger partial charge in [-0.2, -0.15) is 4.98 Å². The third-order valence-corrected chi connectivity index (χ3v) is 2.51. The summed E-state index contributed by atoms with van der Waals surface area (Å²) < 4.78 is 5.08. The molecule has 1 heterocycles. The van der Waals surface area contributed by atoms with Crippen molar-refractivity contribution >= 4 is 5.97 Å². The van der Waals surface area contributed by atoms with Gasteiger partial charge in [0, 0.05) is 5.41 Å². The van der Waals surface area contributed by atoms with E-state index in [-0.39, 0.29) is 12.0 Å². The van der Waals surface area contributed by atoms with Gasteiger partial charge in [-0.3, -0.25) is 10.1 Å². The molecule has 1 atom stereocenters. The van der Waals surface area contributed by atoms with Crippen LogP contribution in [0.2, 0.25) is 0 Å². The van der Waals surface area contributed by atoms with Gasteiger partial charge in [-0.25, -0.2) is 0 Å². The molecule has 1 unspecified atom stereocenters. The van der Waals surface area contributed by atoms with Gasteiger partial charge in [-0.05, 0) is 6.42 Å². The average molecular weight is 255 g/mol. The van der Waals surface area contributed by atoms with Crippen LogP contribution in [0.3, 0.4) is 0 Å². The molecule has 1 aromatic rings. The zero-order chi connectivity index (χ0) is 13.8. The zero-order valence-corrected chi connectivity index (χ0v) is 11.4. The first-order chi connectivity index (χ1) is 8.34. The fourth-order valence-electron chi connectivity index (χ4n) is 1.44. The maximum Gasteiger partial charge on any atom is 0.320 e. The first-order valence-electron chi connectivity index (χ1n) is 6.14. The minimum absolute atomic E-state index is 0.169. The van der Waals surface area contributed by atoms with Gasteiger partial charge in [-0.15, -0.1) is 0 Å². The summed E-state index contributed by atoms with van der Waals surface area (Å²) in [7, 11) is 0. The summed E-state index contributed by atoms with van der Waals surface area (Å²) in [6.07, 6.45) is 1.39. The summed E-state index contributed by atoms with van der Waals surface area (Å²) >= 11 is 0. The number of rotatable bonds is 6. The lowest BCUT2D eigenvalue weighted by molar-refractivity contribution is -0.139. The Morgan fingerprint density at radius 2 is 2.17 bits per heavy atom. The molecule has 6 nitrogen and oxygen atoms in total. The predicted octanol–water partition coefficient (Wildman–Crippen LogP) is 1.71. The van der Waals surface area contributed by atoms with Crippen molar-refractivity contribution in [1.82, 2.24) is 15.5 Å². The van der Waals surface area contributed by atoms with Crippen molar-refractivity contribution in [3.8, 4) is 0 Å². The summed E-state index contributed by atoms with van der Waals surface area (Å²) in [6, 6.07) is -0.569. The highest BCUT2D eigenvalue weighted by molar-refractivity contribution is 5.73. The first kappa shape index (κ1) is 14.6. The van der Waals surface area contributed by atoms with Crippen LogP contribution in [-0.4, -0.2) is 27.3 Å². The summed E-state index contributed by atoms with van der Waals surface area (Å²) in [5, 5.41) is 15.8. The van der Waals surface area contributed by atoms with Gasteiger partial charge in [-0.1, -0.05) is 39.3 Å². The van der Waals surface area contributed by atoms with E-state index in [1.807, 2.05) is 27.7 Å². The molecule has 0 spiro atoms. The molecule has 1 rings (SSSR count). The molecule has 0 saturated heterocycles. The van der Waals surface area contributed by atoms with Crippen molar-refractivity contribution in [3.05, 3.63) is 11.7 Å². The topological polar surface area (TPSA) is 88.3 Å². The minimum atomic E-state index is -0.854. The normalized spacial score (nSPS) is 13.6. The van der Waals surface area contributed by atoms with E-state index < -0.39 is 12.0 Å². The van der Waals surface area contributed by atoms with Crippen molar-refractivity contribution < 1.29 is 14.4 Å². The maximum atomic E-state index is 10.9. The standard InChI is InChI=1S/C12H21N3O3/c1-5-6-8(10(16)17)13-7-9-14-11(15-18-9)12(2,3)4/h8,13H,5-7H2,1-4H3,(H,16,17). The van der Waals surface area contributed by atoms with Crippen LogP contribution in [0, 0.1) is 0 Å². The predicted molar refractivity (Wildman–Crippen MR) is 66.2 cm³/mol. The van der Waals surface area contributed by atoms with Crippen molar-refractivity contribution in [3.63, 3.8) is 0 Å². The van der Waals surface area contributed by atoms with Gasteiger partial charge in [0.25, 0.3) is 0 Å². The van der Waals surface area contributed by atoms with Crippen LogP contribution in [-0.2, 0) is 16.8 Å². The molecule has 0 saturated carbocycles. The van der Waals surface area contributed by atoms with Crippen LogP contribution >= 0.6 is 0 Å². The maximum absolute atomic E-state index is 10.9. The Morgan fingerprint density at radius 3 is 2.61 bits per heavy atom. The molecule has 18 heavy (non-hydrogen) atoms. The second-order valence-electron chi connectivity index (χ2n) is 5.32. The van der Waals surface area contributed by atoms with Crippen molar-refractivity contribution in [2.24, 2.45) is 0 Å². The number of carboxylic acid groups (broad SMARTS) is 1. The number of nitrogens with zero attached hydrogens (tertiary/aromatic N) is 2. The lowest BCUT2D eigenvalue weighted by atomic mass is 9.96. The lowest BCUT2D eigenvalue weighted by Gasteiger charge is -2.12. The Hall–Kier alpha value is -1.43. The third kappa shape index (κ3) is 4.10. The van der Waals surface area contributed by atoms with Gasteiger partial charge in [0.2, 0.25) is 5.89 Å². The van der Waals surface area contributed by atoms with Crippen LogP contribution in [0.15, 0.2) is 4.52 Å². The van der Waals surface area contributed by atoms with Crippen LogP contribution in [0.4, 0.5) is 0 Å². The van der Waals surface area contributed by atoms with E-state index in [1.165, 1.54) is 0 Å². The quantitative estimate of drug-likeness (QED) is 0.804. The van der Waals surface area contributed by atoms with E-state index in [2.05, 4.69) is 15.5 Å². The van der Waals surface area contributed by atoms with Gasteiger partial charge >= 0.3 is 5.97 Å². The SMILES string of the molecule is CCCC(NCc1nc(C(C)(C)C)no1)C(=O)O. The summed E-state index contributed by atoms with van der Waals surface area (Å²) in [5.41, 5.74) is -0.169. The van der Waals surface area contributed by atoms with Crippen molar-refractivity contribution in [1.29, 1.82) is 0 Å². The number of hydrogen-bond donors (Lipinski definition) is 2. The molecule has 0 bridgehead atoms. The number of hydrogen-bond acceptors (Lipinski definition) is 5. The molecular weight excluding hydrogens is 234 g/mol. The zero-order valence-electron chi connectivity index (χ0n) is 11.4. The fourth-order valence-corrected chi connectivity index (χ4v) is 1.44. The Morgan fingerprint density at radius 1 is 1.50 bits per heavy atom. The first-order valence-corrected chi connectivity index (χ1v) is 6.14. The lowest BCUT2D eigenvalue weighted by Crippen LogP contribution is -2.36. The molecule has 0 radical (unpaired) electrons. The summed E-state index contributed by atoms with van der Waals surface area (Å²) in [6.45, 7) is 8.20. The van der Waals surface area contributed by atoms with Crippen LogP contribution < -0.4 is 5.32 Å². The van der Waals surface area contributed by atoms with Crippen LogP contribution in [0.1, 0.15) is 52.3 Å². The highest BCUT2D eigenvalue weighted by Gasteiger charge is 2.22. The molecule has 0 aliphatic heterocycles. The molecule has 0 aromatic carbocycles. The van der Waals surface area contributed by atoms with E-state index >= 15 is 0 Å². The molecule has 0 aliphatic carbocycles. The number of aliphatic carboxylic acids is 1. The van der Waals surface area contributed by atoms with Gasteiger partial charge in [0.1, 0.15) is 6.04 Å². The molecule has 6 heteroatoms. The van der Waals surface area contributed by atoms with Crippen LogP contribution in [0.25, 0.3) is 0 Å². The molecular formula is C12H21N3O3. The molecule has 0 aliphatic rings. The highest BCUT2D eigenvalue weighted by atomic mass is 16.5. The number of carbonyl (C=O) groups is 1. The van der Waals surface area contributed by atoms with E-state index in [0.29, 0.717) is 18.1 Å². The molecule has 102 valence electrons. The van der Waals surface area contributed by atoms with E-state index in [9.17, 15) is 4.79 Å². The Balaban J connectivity index is 2.57. The van der Waals surface area contributed by atoms with E-state index in [4.69, 9.17) is 9.63 Å². The number of nitrogens with one attached hydrogen (secondary N) is 1. The number of aromatic nitrogens is 2. The van der Waals surface area contributed by atoms with E-state index in [1.54, 1.807) is 0 Å². The van der Waals surface area contributed by atoms with Crippen LogP contribution in [0.5, 0.6) is 0 Å². The Labute approximate surface area is 107 Å². The minimum Gasteiger partial charge on any atom is -0.480 e. The molecule has 1 aromatic heterocycles. The number of carboxylic acids is 1. The third-order valence-electron chi connectivity index (χ3n) is 2.51. The Kier molecular flexibility index (Phi) is 4.84. The average Bonchev–Trinajstić information content (AvgIpc) is 2.71. The van der Waals surface area contributed by atoms with E-state index in [0.717, 1.165) is 6.42 Å².